The van der Waals surface area contributed by atoms with Gasteiger partial charge in [-0.3, -0.25) is 4.79 Å². The van der Waals surface area contributed by atoms with Crippen LogP contribution in [0.4, 0.5) is 0 Å². The number of hydrogen-bond donors (Lipinski definition) is 2. The Balaban J connectivity index is 1.78. The Labute approximate surface area is 171 Å². The molecular weight excluding hydrogens is 378 g/mol. The smallest absolute Gasteiger partial charge is 0.248 e. The van der Waals surface area contributed by atoms with Gasteiger partial charge in [-0.15, -0.1) is 0 Å². The van der Waals surface area contributed by atoms with E-state index in [0.717, 1.165) is 11.1 Å². The molecular formula is C22H28ClNO4. The van der Waals surface area contributed by atoms with Crippen molar-refractivity contribution in [1.82, 2.24) is 5.32 Å². The van der Waals surface area contributed by atoms with Crippen LogP contribution in [0, 0.1) is 0 Å². The Morgan fingerprint density at radius 3 is 2.39 bits per heavy atom. The Morgan fingerprint density at radius 1 is 1.07 bits per heavy atom. The molecule has 0 heterocycles. The molecule has 0 unspecified atom stereocenters. The van der Waals surface area contributed by atoms with Crippen molar-refractivity contribution in [3.05, 3.63) is 58.6 Å². The van der Waals surface area contributed by atoms with Gasteiger partial charge in [0.25, 0.3) is 0 Å². The summed E-state index contributed by atoms with van der Waals surface area (Å²) in [4.78, 5) is 12.1. The molecule has 2 N–H and O–H groups in total. The maximum Gasteiger partial charge on any atom is 0.248 e. The van der Waals surface area contributed by atoms with E-state index in [2.05, 4.69) is 5.32 Å². The van der Waals surface area contributed by atoms with Crippen molar-refractivity contribution >= 4 is 17.5 Å². The molecule has 1 atom stereocenters. The summed E-state index contributed by atoms with van der Waals surface area (Å²) in [5.41, 5.74) is 2.05. The van der Waals surface area contributed by atoms with Gasteiger partial charge in [0.05, 0.1) is 13.2 Å². The van der Waals surface area contributed by atoms with E-state index in [1.807, 2.05) is 44.2 Å². The van der Waals surface area contributed by atoms with Crippen LogP contribution in [0.3, 0.4) is 0 Å². The Bertz CT molecular complexity index is 762. The second-order valence-corrected chi connectivity index (χ2v) is 7.31. The molecule has 2 aromatic carbocycles. The van der Waals surface area contributed by atoms with Crippen LogP contribution in [-0.2, 0) is 17.6 Å². The molecule has 2 rings (SSSR count). The van der Waals surface area contributed by atoms with Crippen molar-refractivity contribution in [2.24, 2.45) is 0 Å². The summed E-state index contributed by atoms with van der Waals surface area (Å²) >= 11 is 5.85. The van der Waals surface area contributed by atoms with Crippen LogP contribution < -0.4 is 14.8 Å². The first-order chi connectivity index (χ1) is 13.4. The van der Waals surface area contributed by atoms with E-state index in [0.29, 0.717) is 42.3 Å². The van der Waals surface area contributed by atoms with Crippen LogP contribution in [0.1, 0.15) is 31.4 Å². The summed E-state index contributed by atoms with van der Waals surface area (Å²) in [6.45, 7) is 4.35. The zero-order chi connectivity index (χ0) is 20.5. The van der Waals surface area contributed by atoms with Gasteiger partial charge in [-0.2, -0.15) is 0 Å². The largest absolute Gasteiger partial charge is 0.493 e. The number of aliphatic hydroxyl groups excluding tert-OH is 1. The molecule has 0 aliphatic heterocycles. The van der Waals surface area contributed by atoms with E-state index in [4.69, 9.17) is 21.1 Å². The summed E-state index contributed by atoms with van der Waals surface area (Å²) in [5.74, 6) is 1.00. The van der Waals surface area contributed by atoms with Gasteiger partial charge in [0, 0.05) is 11.6 Å². The molecule has 0 bridgehead atoms. The average molecular weight is 406 g/mol. The molecule has 28 heavy (non-hydrogen) atoms. The van der Waals surface area contributed by atoms with Gasteiger partial charge >= 0.3 is 0 Å². The monoisotopic (exact) mass is 405 g/mol. The lowest BCUT2D eigenvalue weighted by Crippen LogP contribution is -2.36. The first-order valence-electron chi connectivity index (χ1n) is 9.43. The van der Waals surface area contributed by atoms with Crippen LogP contribution in [0.5, 0.6) is 11.5 Å². The van der Waals surface area contributed by atoms with Crippen LogP contribution in [0.2, 0.25) is 5.02 Å². The topological polar surface area (TPSA) is 67.8 Å². The molecule has 1 amide bonds. The molecule has 0 radical (unpaired) electrons. The molecule has 0 fully saturated rings. The average Bonchev–Trinajstić information content (AvgIpc) is 2.67. The first-order valence-corrected chi connectivity index (χ1v) is 9.80. The number of amides is 1. The molecule has 0 aliphatic carbocycles. The molecule has 2 aromatic rings. The molecule has 0 spiro atoms. The van der Waals surface area contributed by atoms with Gasteiger partial charge in [-0.05, 0) is 68.5 Å². The molecule has 152 valence electrons. The summed E-state index contributed by atoms with van der Waals surface area (Å²) in [6, 6.07) is 13.1. The van der Waals surface area contributed by atoms with Gasteiger partial charge in [-0.1, -0.05) is 29.8 Å². The minimum Gasteiger partial charge on any atom is -0.493 e. The number of carbonyl (C=O) groups excluding carboxylic acids is 1. The number of ether oxygens (including phenoxy) is 2. The normalized spacial score (nSPS) is 11.9. The van der Waals surface area contributed by atoms with E-state index in [9.17, 15) is 9.90 Å². The molecule has 0 saturated carbocycles. The third-order valence-corrected chi connectivity index (χ3v) is 4.48. The van der Waals surface area contributed by atoms with Gasteiger partial charge in [0.2, 0.25) is 5.91 Å². The van der Waals surface area contributed by atoms with Crippen LogP contribution in [-0.4, -0.2) is 36.9 Å². The predicted molar refractivity (Wildman–Crippen MR) is 111 cm³/mol. The number of nitrogens with one attached hydrogen (secondary N) is 1. The summed E-state index contributed by atoms with van der Waals surface area (Å²) in [5, 5.41) is 13.5. The highest BCUT2D eigenvalue weighted by molar-refractivity contribution is 6.30. The summed E-state index contributed by atoms with van der Waals surface area (Å²) < 4.78 is 11.1. The highest BCUT2D eigenvalue weighted by Crippen LogP contribution is 2.29. The number of aryl methyl sites for hydroxylation is 1. The van der Waals surface area contributed by atoms with Crippen molar-refractivity contribution < 1.29 is 19.4 Å². The van der Waals surface area contributed by atoms with Gasteiger partial charge in [0.15, 0.2) is 11.5 Å². The Hall–Kier alpha value is -2.24. The Morgan fingerprint density at radius 2 is 1.75 bits per heavy atom. The number of benzene rings is 2. The molecule has 5 nitrogen and oxygen atoms in total. The lowest BCUT2D eigenvalue weighted by atomic mass is 10.1. The second-order valence-electron chi connectivity index (χ2n) is 6.87. The molecule has 0 saturated heterocycles. The third-order valence-electron chi connectivity index (χ3n) is 4.23. The van der Waals surface area contributed by atoms with E-state index in [1.165, 1.54) is 0 Å². The van der Waals surface area contributed by atoms with E-state index < -0.39 is 6.10 Å². The molecule has 0 aromatic heterocycles. The fourth-order valence-electron chi connectivity index (χ4n) is 2.75. The maximum absolute atomic E-state index is 12.1. The van der Waals surface area contributed by atoms with E-state index in [-0.39, 0.29) is 12.0 Å². The Kier molecular flexibility index (Phi) is 8.61. The number of methoxy groups -OCH3 is 1. The van der Waals surface area contributed by atoms with Gasteiger partial charge in [-0.25, -0.2) is 0 Å². The molecule has 6 heteroatoms. The maximum atomic E-state index is 12.1. The fraction of sp³-hybridized carbons (Fsp3) is 0.409. The number of rotatable bonds is 10. The van der Waals surface area contributed by atoms with Crippen LogP contribution in [0.25, 0.3) is 0 Å². The number of carbonyl (C=O) groups is 1. The van der Waals surface area contributed by atoms with Crippen LogP contribution in [0.15, 0.2) is 42.5 Å². The highest BCUT2D eigenvalue weighted by atomic mass is 35.5. The predicted octanol–water partition coefficient (Wildman–Crippen LogP) is 3.79. The second kappa shape index (κ2) is 10.9. The lowest BCUT2D eigenvalue weighted by molar-refractivity contribution is -0.129. The highest BCUT2D eigenvalue weighted by Gasteiger charge is 2.14. The van der Waals surface area contributed by atoms with Gasteiger partial charge in [0.1, 0.15) is 6.10 Å². The quantitative estimate of drug-likeness (QED) is 0.631. The number of halogens is 1. The summed E-state index contributed by atoms with van der Waals surface area (Å²) in [6.07, 6.45) is 0.636. The zero-order valence-corrected chi connectivity index (χ0v) is 17.3. The van der Waals surface area contributed by atoms with Crippen molar-refractivity contribution in [1.29, 1.82) is 0 Å². The van der Waals surface area contributed by atoms with Gasteiger partial charge < -0.3 is 19.9 Å². The van der Waals surface area contributed by atoms with Crippen molar-refractivity contribution in [2.45, 2.75) is 45.3 Å². The lowest BCUT2D eigenvalue weighted by Gasteiger charge is -2.15. The van der Waals surface area contributed by atoms with E-state index in [1.54, 1.807) is 19.2 Å². The summed E-state index contributed by atoms with van der Waals surface area (Å²) in [7, 11) is 1.60. The number of hydrogen-bond acceptors (Lipinski definition) is 4. The fourth-order valence-corrected chi connectivity index (χ4v) is 2.88. The number of aliphatic hydroxyl groups is 1. The minimum absolute atomic E-state index is 0.0633. The first kappa shape index (κ1) is 22.1. The van der Waals surface area contributed by atoms with Crippen molar-refractivity contribution in [3.8, 4) is 11.5 Å². The zero-order valence-electron chi connectivity index (χ0n) is 16.6. The van der Waals surface area contributed by atoms with Crippen LogP contribution >= 0.6 is 11.6 Å². The van der Waals surface area contributed by atoms with Crippen molar-refractivity contribution in [3.63, 3.8) is 0 Å². The standard InChI is InChI=1S/C22H28ClNO4/c1-15(2)28-20-11-7-17(14-21(20)27-3)12-13-24-22(26)19(25)10-6-16-4-8-18(23)9-5-16/h4-5,7-9,11,14-15,19,25H,6,10,12-13H2,1-3H3,(H,24,26)/t19-/m0/s1. The molecule has 0 aliphatic rings. The SMILES string of the molecule is COc1cc(CCNC(=O)[C@@H](O)CCc2ccc(Cl)cc2)ccc1OC(C)C. The third kappa shape index (κ3) is 7.06. The van der Waals surface area contributed by atoms with Crippen molar-refractivity contribution in [2.75, 3.05) is 13.7 Å². The van der Waals surface area contributed by atoms with E-state index >= 15 is 0 Å². The minimum atomic E-state index is -1.04.